The van der Waals surface area contributed by atoms with Crippen molar-refractivity contribution in [2.75, 3.05) is 6.61 Å². The summed E-state index contributed by atoms with van der Waals surface area (Å²) in [5.74, 6) is 2.15. The maximum Gasteiger partial charge on any atom is 0.133 e. The highest BCUT2D eigenvalue weighted by Crippen LogP contribution is 2.28. The molecule has 0 amide bonds. The molecule has 0 bridgehead atoms. The Labute approximate surface area is 127 Å². The van der Waals surface area contributed by atoms with E-state index in [-0.39, 0.29) is 0 Å². The lowest BCUT2D eigenvalue weighted by Gasteiger charge is -2.12. The lowest BCUT2D eigenvalue weighted by atomic mass is 9.92. The summed E-state index contributed by atoms with van der Waals surface area (Å²) in [5.41, 5.74) is 2.59. The van der Waals surface area contributed by atoms with Gasteiger partial charge in [0.2, 0.25) is 0 Å². The maximum atomic E-state index is 12.2. The SMILES string of the molecule is O=C(CCc1ccc2c(c1)CCO2)CC1CCCCCC1. The largest absolute Gasteiger partial charge is 0.493 e. The maximum absolute atomic E-state index is 12.2. The molecule has 0 saturated heterocycles. The Balaban J connectivity index is 1.47. The number of Topliss-reactive ketones (excluding diaryl/α,β-unsaturated/α-hetero) is 1. The molecule has 3 rings (SSSR count). The second-order valence-corrected chi connectivity index (χ2v) is 6.64. The first kappa shape index (κ1) is 14.6. The van der Waals surface area contributed by atoms with Crippen molar-refractivity contribution in [3.63, 3.8) is 0 Å². The summed E-state index contributed by atoms with van der Waals surface area (Å²) in [6.45, 7) is 0.805. The van der Waals surface area contributed by atoms with Gasteiger partial charge in [0.05, 0.1) is 6.61 Å². The molecule has 1 aromatic carbocycles. The van der Waals surface area contributed by atoms with E-state index in [1.165, 1.54) is 49.7 Å². The topological polar surface area (TPSA) is 26.3 Å². The van der Waals surface area contributed by atoms with Crippen LogP contribution in [0.1, 0.15) is 62.5 Å². The van der Waals surface area contributed by atoms with Crippen LogP contribution >= 0.6 is 0 Å². The van der Waals surface area contributed by atoms with Crippen LogP contribution < -0.4 is 4.74 Å². The van der Waals surface area contributed by atoms with Gasteiger partial charge in [0.15, 0.2) is 0 Å². The van der Waals surface area contributed by atoms with Gasteiger partial charge in [-0.3, -0.25) is 4.79 Å². The van der Waals surface area contributed by atoms with Crippen molar-refractivity contribution in [1.82, 2.24) is 0 Å². The third kappa shape index (κ3) is 4.09. The number of ether oxygens (including phenoxy) is 1. The molecule has 0 radical (unpaired) electrons. The quantitative estimate of drug-likeness (QED) is 0.746. The second-order valence-electron chi connectivity index (χ2n) is 6.64. The normalized spacial score (nSPS) is 18.9. The third-order valence-corrected chi connectivity index (χ3v) is 4.94. The summed E-state index contributed by atoms with van der Waals surface area (Å²) in [6, 6.07) is 6.40. The van der Waals surface area contributed by atoms with E-state index >= 15 is 0 Å². The summed E-state index contributed by atoms with van der Waals surface area (Å²) < 4.78 is 5.52. The molecule has 21 heavy (non-hydrogen) atoms. The summed E-state index contributed by atoms with van der Waals surface area (Å²) >= 11 is 0. The van der Waals surface area contributed by atoms with Gasteiger partial charge in [0.25, 0.3) is 0 Å². The first-order chi connectivity index (χ1) is 10.3. The van der Waals surface area contributed by atoms with Crippen LogP contribution in [0, 0.1) is 5.92 Å². The van der Waals surface area contributed by atoms with Gasteiger partial charge in [-0.05, 0) is 29.5 Å². The van der Waals surface area contributed by atoms with Gasteiger partial charge in [-0.2, -0.15) is 0 Å². The number of aryl methyl sites for hydroxylation is 1. The lowest BCUT2D eigenvalue weighted by Crippen LogP contribution is -2.09. The smallest absolute Gasteiger partial charge is 0.133 e. The van der Waals surface area contributed by atoms with Crippen LogP contribution in [-0.2, 0) is 17.6 Å². The van der Waals surface area contributed by atoms with Crippen molar-refractivity contribution in [3.8, 4) is 5.75 Å². The highest BCUT2D eigenvalue weighted by atomic mass is 16.5. The number of carbonyl (C=O) groups excluding carboxylic acids is 1. The van der Waals surface area contributed by atoms with E-state index in [2.05, 4.69) is 18.2 Å². The van der Waals surface area contributed by atoms with E-state index in [1.54, 1.807) is 0 Å². The van der Waals surface area contributed by atoms with E-state index in [1.807, 2.05) is 0 Å². The molecule has 1 fully saturated rings. The van der Waals surface area contributed by atoms with Crippen molar-refractivity contribution in [2.45, 2.75) is 64.2 Å². The zero-order valence-corrected chi connectivity index (χ0v) is 12.9. The highest BCUT2D eigenvalue weighted by molar-refractivity contribution is 5.78. The van der Waals surface area contributed by atoms with Gasteiger partial charge in [-0.15, -0.1) is 0 Å². The summed E-state index contributed by atoms with van der Waals surface area (Å²) in [4.78, 5) is 12.2. The zero-order chi connectivity index (χ0) is 14.5. The van der Waals surface area contributed by atoms with Crippen molar-refractivity contribution in [3.05, 3.63) is 29.3 Å². The molecule has 1 aliphatic heterocycles. The van der Waals surface area contributed by atoms with Gasteiger partial charge in [-0.25, -0.2) is 0 Å². The average molecular weight is 286 g/mol. The Kier molecular flexibility index (Phi) is 4.95. The summed E-state index contributed by atoms with van der Waals surface area (Å²) in [5, 5.41) is 0. The number of carbonyl (C=O) groups is 1. The number of fused-ring (bicyclic) bond motifs is 1. The van der Waals surface area contributed by atoms with Crippen LogP contribution in [0.4, 0.5) is 0 Å². The molecule has 1 saturated carbocycles. The highest BCUT2D eigenvalue weighted by Gasteiger charge is 2.16. The molecule has 2 heteroatoms. The number of ketones is 1. The van der Waals surface area contributed by atoms with E-state index in [4.69, 9.17) is 4.74 Å². The molecule has 114 valence electrons. The van der Waals surface area contributed by atoms with Crippen molar-refractivity contribution in [1.29, 1.82) is 0 Å². The first-order valence-corrected chi connectivity index (χ1v) is 8.57. The average Bonchev–Trinajstić information content (AvgIpc) is 2.81. The summed E-state index contributed by atoms with van der Waals surface area (Å²) in [7, 11) is 0. The van der Waals surface area contributed by atoms with Crippen molar-refractivity contribution in [2.24, 2.45) is 5.92 Å². The summed E-state index contributed by atoms with van der Waals surface area (Å²) in [6.07, 6.45) is 11.3. The standard InChI is InChI=1S/C19H26O2/c20-18(14-15-5-3-1-2-4-6-15)9-7-16-8-10-19-17(13-16)11-12-21-19/h8,10,13,15H,1-7,9,11-12,14H2. The Morgan fingerprint density at radius 3 is 2.76 bits per heavy atom. The fourth-order valence-electron chi connectivity index (χ4n) is 3.67. The second kappa shape index (κ2) is 7.11. The molecule has 0 N–H and O–H groups in total. The number of hydrogen-bond donors (Lipinski definition) is 0. The molecule has 0 unspecified atom stereocenters. The Morgan fingerprint density at radius 1 is 1.14 bits per heavy atom. The van der Waals surface area contributed by atoms with Crippen LogP contribution in [0.5, 0.6) is 5.75 Å². The molecule has 2 aliphatic rings. The predicted molar refractivity (Wildman–Crippen MR) is 84.8 cm³/mol. The molecule has 0 spiro atoms. The van der Waals surface area contributed by atoms with E-state index in [0.29, 0.717) is 18.1 Å². The lowest BCUT2D eigenvalue weighted by molar-refractivity contribution is -0.120. The first-order valence-electron chi connectivity index (χ1n) is 8.57. The molecule has 1 aromatic rings. The van der Waals surface area contributed by atoms with Crippen LogP contribution in [0.2, 0.25) is 0 Å². The molecule has 1 heterocycles. The van der Waals surface area contributed by atoms with Crippen LogP contribution in [0.25, 0.3) is 0 Å². The Morgan fingerprint density at radius 2 is 1.95 bits per heavy atom. The molecule has 0 atom stereocenters. The van der Waals surface area contributed by atoms with Crippen molar-refractivity contribution >= 4 is 5.78 Å². The fraction of sp³-hybridized carbons (Fsp3) is 0.632. The van der Waals surface area contributed by atoms with Gasteiger partial charge in [-0.1, -0.05) is 50.7 Å². The Hall–Kier alpha value is -1.31. The predicted octanol–water partition coefficient (Wildman–Crippen LogP) is 4.48. The van der Waals surface area contributed by atoms with E-state index in [9.17, 15) is 4.79 Å². The molecule has 0 aromatic heterocycles. The number of hydrogen-bond acceptors (Lipinski definition) is 2. The molecular weight excluding hydrogens is 260 g/mol. The minimum atomic E-state index is 0.457. The molecule has 2 nitrogen and oxygen atoms in total. The zero-order valence-electron chi connectivity index (χ0n) is 12.9. The molecular formula is C19H26O2. The van der Waals surface area contributed by atoms with E-state index < -0.39 is 0 Å². The van der Waals surface area contributed by atoms with Crippen LogP contribution in [0.15, 0.2) is 18.2 Å². The van der Waals surface area contributed by atoms with Crippen LogP contribution in [0.3, 0.4) is 0 Å². The van der Waals surface area contributed by atoms with Crippen molar-refractivity contribution < 1.29 is 9.53 Å². The Bertz CT molecular complexity index is 484. The molecule has 1 aliphatic carbocycles. The minimum absolute atomic E-state index is 0.457. The van der Waals surface area contributed by atoms with Gasteiger partial charge in [0, 0.05) is 19.3 Å². The number of benzene rings is 1. The minimum Gasteiger partial charge on any atom is -0.493 e. The van der Waals surface area contributed by atoms with Gasteiger partial charge in [0.1, 0.15) is 11.5 Å². The van der Waals surface area contributed by atoms with E-state index in [0.717, 1.165) is 31.6 Å². The monoisotopic (exact) mass is 286 g/mol. The van der Waals surface area contributed by atoms with Gasteiger partial charge < -0.3 is 4.74 Å². The third-order valence-electron chi connectivity index (χ3n) is 4.94. The van der Waals surface area contributed by atoms with Gasteiger partial charge >= 0.3 is 0 Å². The number of rotatable bonds is 5. The van der Waals surface area contributed by atoms with Crippen LogP contribution in [-0.4, -0.2) is 12.4 Å². The fourth-order valence-corrected chi connectivity index (χ4v) is 3.67.